The van der Waals surface area contributed by atoms with Crippen LogP contribution >= 0.6 is 0 Å². The Labute approximate surface area is 96.6 Å². The molecule has 1 aliphatic heterocycles. The van der Waals surface area contributed by atoms with Gasteiger partial charge in [-0.3, -0.25) is 4.57 Å². The summed E-state index contributed by atoms with van der Waals surface area (Å²) in [4.78, 5) is 15.0. The number of aliphatic hydroxyl groups is 2. The molecule has 3 unspecified atom stereocenters. The van der Waals surface area contributed by atoms with E-state index < -0.39 is 24.1 Å². The Balaban J connectivity index is 0.00000144. The molecule has 0 amide bonds. The first kappa shape index (κ1) is 13.6. The van der Waals surface area contributed by atoms with Gasteiger partial charge in [0.1, 0.15) is 18.1 Å². The SMILES string of the molecule is Nc1ccn(C2CC(O)C(CO)O2)c(=O)n1.O. The molecule has 0 bridgehead atoms. The van der Waals surface area contributed by atoms with Crippen LogP contribution in [-0.4, -0.2) is 44.1 Å². The van der Waals surface area contributed by atoms with Gasteiger partial charge in [-0.2, -0.15) is 4.98 Å². The third kappa shape index (κ3) is 2.61. The average molecular weight is 245 g/mol. The van der Waals surface area contributed by atoms with Crippen LogP contribution in [0.1, 0.15) is 12.6 Å². The lowest BCUT2D eigenvalue weighted by atomic mass is 10.2. The Kier molecular flexibility index (Phi) is 4.18. The zero-order chi connectivity index (χ0) is 11.7. The van der Waals surface area contributed by atoms with Crippen LogP contribution in [-0.2, 0) is 4.74 Å². The van der Waals surface area contributed by atoms with Crippen molar-refractivity contribution in [1.82, 2.24) is 9.55 Å². The van der Waals surface area contributed by atoms with Crippen molar-refractivity contribution in [2.45, 2.75) is 24.9 Å². The summed E-state index contributed by atoms with van der Waals surface area (Å²) in [5.41, 5.74) is 4.82. The van der Waals surface area contributed by atoms with E-state index in [1.165, 1.54) is 16.8 Å². The number of aromatic nitrogens is 2. The molecule has 2 rings (SSSR count). The van der Waals surface area contributed by atoms with E-state index in [0.717, 1.165) is 0 Å². The van der Waals surface area contributed by atoms with E-state index in [9.17, 15) is 9.90 Å². The van der Waals surface area contributed by atoms with E-state index in [0.29, 0.717) is 0 Å². The van der Waals surface area contributed by atoms with E-state index >= 15 is 0 Å². The van der Waals surface area contributed by atoms with Crippen molar-refractivity contribution < 1.29 is 20.4 Å². The Morgan fingerprint density at radius 2 is 2.35 bits per heavy atom. The van der Waals surface area contributed by atoms with Gasteiger partial charge in [-0.05, 0) is 6.07 Å². The third-order valence-electron chi connectivity index (χ3n) is 2.55. The Morgan fingerprint density at radius 3 is 2.88 bits per heavy atom. The quantitative estimate of drug-likeness (QED) is 0.532. The third-order valence-corrected chi connectivity index (χ3v) is 2.55. The highest BCUT2D eigenvalue weighted by Crippen LogP contribution is 2.27. The number of nitrogen functional groups attached to an aromatic ring is 1. The number of hydrogen-bond donors (Lipinski definition) is 3. The monoisotopic (exact) mass is 245 g/mol. The molecule has 0 aromatic carbocycles. The van der Waals surface area contributed by atoms with Crippen molar-refractivity contribution in [2.24, 2.45) is 0 Å². The van der Waals surface area contributed by atoms with Crippen molar-refractivity contribution >= 4 is 5.82 Å². The smallest absolute Gasteiger partial charge is 0.351 e. The Bertz CT molecular complexity index is 435. The van der Waals surface area contributed by atoms with Crippen LogP contribution in [0.3, 0.4) is 0 Å². The van der Waals surface area contributed by atoms with Crippen molar-refractivity contribution in [3.05, 3.63) is 22.7 Å². The fourth-order valence-electron chi connectivity index (χ4n) is 1.70. The van der Waals surface area contributed by atoms with E-state index in [1.807, 2.05) is 0 Å². The average Bonchev–Trinajstić information content (AvgIpc) is 2.59. The largest absolute Gasteiger partial charge is 0.412 e. The van der Waals surface area contributed by atoms with Gasteiger partial charge in [0, 0.05) is 12.6 Å². The molecule has 1 fully saturated rings. The highest BCUT2D eigenvalue weighted by atomic mass is 16.5. The van der Waals surface area contributed by atoms with Gasteiger partial charge in [0.25, 0.3) is 0 Å². The van der Waals surface area contributed by atoms with Crippen LogP contribution in [0.15, 0.2) is 17.1 Å². The zero-order valence-corrected chi connectivity index (χ0v) is 8.98. The van der Waals surface area contributed by atoms with Crippen LogP contribution in [0.5, 0.6) is 0 Å². The van der Waals surface area contributed by atoms with Gasteiger partial charge in [0.2, 0.25) is 0 Å². The van der Waals surface area contributed by atoms with Crippen molar-refractivity contribution in [3.8, 4) is 0 Å². The number of rotatable bonds is 2. The fraction of sp³-hybridized carbons (Fsp3) is 0.556. The second-order valence-corrected chi connectivity index (χ2v) is 3.66. The molecule has 0 radical (unpaired) electrons. The van der Waals surface area contributed by atoms with Gasteiger partial charge in [0.05, 0.1) is 12.7 Å². The minimum Gasteiger partial charge on any atom is -0.412 e. The normalized spacial score (nSPS) is 27.8. The standard InChI is InChI=1S/C9H13N3O4.H2O/c10-7-1-2-12(9(15)11-7)8-3-5(14)6(4-13)16-8;/h1-2,5-6,8,13-14H,3-4H2,(H2,10,11,15);1H2. The first-order chi connectivity index (χ1) is 7.61. The van der Waals surface area contributed by atoms with Gasteiger partial charge >= 0.3 is 5.69 Å². The molecule has 96 valence electrons. The molecule has 6 N–H and O–H groups in total. The number of hydrogen-bond acceptors (Lipinski definition) is 6. The number of nitrogens with two attached hydrogens (primary N) is 1. The molecule has 8 heteroatoms. The fourth-order valence-corrected chi connectivity index (χ4v) is 1.70. The van der Waals surface area contributed by atoms with Crippen LogP contribution in [0, 0.1) is 0 Å². The molecule has 1 aromatic rings. The molecule has 17 heavy (non-hydrogen) atoms. The summed E-state index contributed by atoms with van der Waals surface area (Å²) >= 11 is 0. The lowest BCUT2D eigenvalue weighted by Crippen LogP contribution is -2.27. The first-order valence-corrected chi connectivity index (χ1v) is 4.91. The first-order valence-electron chi connectivity index (χ1n) is 4.91. The zero-order valence-electron chi connectivity index (χ0n) is 8.98. The molecule has 1 aliphatic rings. The van der Waals surface area contributed by atoms with Crippen molar-refractivity contribution in [1.29, 1.82) is 0 Å². The second kappa shape index (κ2) is 5.23. The summed E-state index contributed by atoms with van der Waals surface area (Å²) in [6, 6.07) is 1.48. The molecular formula is C9H15N3O5. The topological polar surface area (TPSA) is 142 Å². The number of ether oxygens (including phenoxy) is 1. The Morgan fingerprint density at radius 1 is 1.65 bits per heavy atom. The predicted molar refractivity (Wildman–Crippen MR) is 58.1 cm³/mol. The van der Waals surface area contributed by atoms with E-state index in [1.54, 1.807) is 0 Å². The molecule has 0 aliphatic carbocycles. The van der Waals surface area contributed by atoms with Gasteiger partial charge in [-0.15, -0.1) is 0 Å². The summed E-state index contributed by atoms with van der Waals surface area (Å²) in [6.07, 6.45) is -0.333. The van der Waals surface area contributed by atoms with Crippen LogP contribution in [0.25, 0.3) is 0 Å². The minimum atomic E-state index is -0.778. The maximum Gasteiger partial charge on any atom is 0.351 e. The molecular weight excluding hydrogens is 230 g/mol. The minimum absolute atomic E-state index is 0. The summed E-state index contributed by atoms with van der Waals surface area (Å²) in [5, 5.41) is 18.4. The van der Waals surface area contributed by atoms with Gasteiger partial charge in [-0.25, -0.2) is 4.79 Å². The van der Waals surface area contributed by atoms with Crippen LogP contribution in [0.2, 0.25) is 0 Å². The van der Waals surface area contributed by atoms with Crippen LogP contribution < -0.4 is 11.4 Å². The van der Waals surface area contributed by atoms with E-state index in [4.69, 9.17) is 15.6 Å². The van der Waals surface area contributed by atoms with Crippen LogP contribution in [0.4, 0.5) is 5.82 Å². The lowest BCUT2D eigenvalue weighted by molar-refractivity contribution is -0.0458. The molecule has 8 nitrogen and oxygen atoms in total. The molecule has 1 aromatic heterocycles. The highest BCUT2D eigenvalue weighted by Gasteiger charge is 2.34. The van der Waals surface area contributed by atoms with Gasteiger partial charge in [-0.1, -0.05) is 0 Å². The molecule has 1 saturated heterocycles. The number of aliphatic hydroxyl groups excluding tert-OH is 2. The Hall–Kier alpha value is -1.48. The number of anilines is 1. The second-order valence-electron chi connectivity index (χ2n) is 3.66. The number of nitrogens with zero attached hydrogens (tertiary/aromatic N) is 2. The molecule has 0 saturated carbocycles. The lowest BCUT2D eigenvalue weighted by Gasteiger charge is -2.13. The molecule has 0 spiro atoms. The summed E-state index contributed by atoms with van der Waals surface area (Å²) in [7, 11) is 0. The van der Waals surface area contributed by atoms with Gasteiger partial charge in [0.15, 0.2) is 0 Å². The highest BCUT2D eigenvalue weighted by molar-refractivity contribution is 5.23. The predicted octanol–water partition coefficient (Wildman–Crippen LogP) is -2.36. The molecule has 2 heterocycles. The van der Waals surface area contributed by atoms with Crippen molar-refractivity contribution in [2.75, 3.05) is 12.3 Å². The van der Waals surface area contributed by atoms with E-state index in [-0.39, 0.29) is 24.3 Å². The van der Waals surface area contributed by atoms with E-state index in [2.05, 4.69) is 4.98 Å². The molecule has 3 atom stereocenters. The van der Waals surface area contributed by atoms with Gasteiger partial charge < -0.3 is 26.2 Å². The summed E-state index contributed by atoms with van der Waals surface area (Å²) < 4.78 is 6.56. The van der Waals surface area contributed by atoms with Crippen molar-refractivity contribution in [3.63, 3.8) is 0 Å². The summed E-state index contributed by atoms with van der Waals surface area (Å²) in [6.45, 7) is -0.283. The maximum absolute atomic E-state index is 11.5. The maximum atomic E-state index is 11.5. The summed E-state index contributed by atoms with van der Waals surface area (Å²) in [5.74, 6) is 0.138.